The number of para-hydroxylation sites is 1. The number of likely N-dealkylation sites (tertiary alicyclic amines) is 1. The normalized spacial score (nSPS) is 18.9. The number of hydrogen-bond acceptors (Lipinski definition) is 10. The Kier molecular flexibility index (Phi) is 13.2. The summed E-state index contributed by atoms with van der Waals surface area (Å²) in [6.07, 6.45) is 4.77. The number of rotatable bonds is 16. The summed E-state index contributed by atoms with van der Waals surface area (Å²) < 4.78 is 17.9. The number of aromatic nitrogens is 2. The highest BCUT2D eigenvalue weighted by Crippen LogP contribution is 2.24. The van der Waals surface area contributed by atoms with Gasteiger partial charge in [0, 0.05) is 64.8 Å². The number of methoxy groups -OCH3 is 1. The first-order valence-electron chi connectivity index (χ1n) is 17.6. The first-order valence-corrected chi connectivity index (χ1v) is 17.6. The summed E-state index contributed by atoms with van der Waals surface area (Å²) in [6.45, 7) is 4.34. The third kappa shape index (κ3) is 9.81. The number of nitrogens with zero attached hydrogens (tertiary/aromatic N) is 4. The molecule has 2 aromatic rings. The van der Waals surface area contributed by atoms with Gasteiger partial charge < -0.3 is 40.0 Å². The van der Waals surface area contributed by atoms with Crippen LogP contribution in [0.5, 0.6) is 5.88 Å². The first kappa shape index (κ1) is 36.8. The summed E-state index contributed by atoms with van der Waals surface area (Å²) in [6, 6.07) is 9.05. The third-order valence-electron chi connectivity index (χ3n) is 9.44. The zero-order valence-corrected chi connectivity index (χ0v) is 28.9. The van der Waals surface area contributed by atoms with E-state index in [9.17, 15) is 24.0 Å². The summed E-state index contributed by atoms with van der Waals surface area (Å²) in [5, 5.41) is 13.5. The van der Waals surface area contributed by atoms with Crippen LogP contribution in [0.4, 0.5) is 0 Å². The summed E-state index contributed by atoms with van der Waals surface area (Å²) in [4.78, 5) is 69.2. The molecular weight excluding hydrogens is 646 g/mol. The maximum atomic E-state index is 13.7. The van der Waals surface area contributed by atoms with Crippen LogP contribution in [-0.4, -0.2) is 126 Å². The standard InChI is InChI=1S/C35H49N7O8/c1-24(48-2)15-21-49-32(44)14-13-27(35(47)40-19-16-36-17-20-40)38-33(45)28-22-31(42(39-28)26-10-4-3-5-11-26)50-23-30(43)41-18-7-12-29(41)34(46)37-25-8-6-9-25/h3-5,10-11,22,24-25,27,29,36H,6-9,12-21,23H2,1-2H3,(H,37,46)(H,38,45)/t24?,27-,29-/m0/s1. The van der Waals surface area contributed by atoms with Crippen molar-refractivity contribution in [1.82, 2.24) is 35.5 Å². The largest absolute Gasteiger partial charge is 0.467 e. The van der Waals surface area contributed by atoms with Gasteiger partial charge in [-0.25, -0.2) is 4.68 Å². The molecule has 50 heavy (non-hydrogen) atoms. The topological polar surface area (TPSA) is 173 Å². The van der Waals surface area contributed by atoms with Crippen molar-refractivity contribution < 1.29 is 38.2 Å². The van der Waals surface area contributed by atoms with Crippen LogP contribution in [0.1, 0.15) is 68.8 Å². The van der Waals surface area contributed by atoms with E-state index >= 15 is 0 Å². The van der Waals surface area contributed by atoms with Crippen molar-refractivity contribution in [3.63, 3.8) is 0 Å². The average Bonchev–Trinajstić information content (AvgIpc) is 3.79. The van der Waals surface area contributed by atoms with Crippen molar-refractivity contribution in [1.29, 1.82) is 0 Å². The Morgan fingerprint density at radius 3 is 2.46 bits per heavy atom. The van der Waals surface area contributed by atoms with Crippen molar-refractivity contribution in [3.05, 3.63) is 42.1 Å². The van der Waals surface area contributed by atoms with Gasteiger partial charge in [0.1, 0.15) is 12.1 Å². The molecule has 1 aliphatic carbocycles. The number of esters is 1. The molecule has 4 amide bonds. The number of piperazine rings is 1. The summed E-state index contributed by atoms with van der Waals surface area (Å²) in [7, 11) is 1.58. The van der Waals surface area contributed by atoms with Gasteiger partial charge >= 0.3 is 5.97 Å². The minimum Gasteiger partial charge on any atom is -0.467 e. The lowest BCUT2D eigenvalue weighted by Crippen LogP contribution is -2.54. The Labute approximate surface area is 292 Å². The molecule has 2 saturated heterocycles. The molecule has 15 nitrogen and oxygen atoms in total. The van der Waals surface area contributed by atoms with E-state index in [0.29, 0.717) is 51.3 Å². The van der Waals surface area contributed by atoms with Crippen molar-refractivity contribution in [2.75, 3.05) is 53.0 Å². The number of benzene rings is 1. The molecule has 1 unspecified atom stereocenters. The Balaban J connectivity index is 1.27. The van der Waals surface area contributed by atoms with E-state index in [2.05, 4.69) is 21.0 Å². The number of nitrogens with one attached hydrogen (secondary N) is 3. The number of carbonyl (C=O) groups is 5. The summed E-state index contributed by atoms with van der Waals surface area (Å²) >= 11 is 0. The minimum atomic E-state index is -1.00. The van der Waals surface area contributed by atoms with Gasteiger partial charge in [0.25, 0.3) is 11.8 Å². The highest BCUT2D eigenvalue weighted by molar-refractivity contribution is 5.96. The second-order valence-electron chi connectivity index (χ2n) is 13.0. The van der Waals surface area contributed by atoms with Crippen LogP contribution >= 0.6 is 0 Å². The molecule has 1 aromatic carbocycles. The predicted molar refractivity (Wildman–Crippen MR) is 182 cm³/mol. The maximum absolute atomic E-state index is 13.7. The fourth-order valence-electron chi connectivity index (χ4n) is 6.12. The molecular formula is C35H49N7O8. The molecule has 0 bridgehead atoms. The first-order chi connectivity index (χ1) is 24.2. The van der Waals surface area contributed by atoms with E-state index in [4.69, 9.17) is 14.2 Å². The molecule has 3 atom stereocenters. The van der Waals surface area contributed by atoms with E-state index in [-0.39, 0.29) is 67.5 Å². The van der Waals surface area contributed by atoms with Crippen LogP contribution in [0, 0.1) is 0 Å². The zero-order chi connectivity index (χ0) is 35.5. The lowest BCUT2D eigenvalue weighted by molar-refractivity contribution is -0.145. The average molecular weight is 696 g/mol. The predicted octanol–water partition coefficient (Wildman–Crippen LogP) is 1.19. The van der Waals surface area contributed by atoms with Crippen molar-refractivity contribution in [3.8, 4) is 11.6 Å². The van der Waals surface area contributed by atoms with Crippen LogP contribution in [0.15, 0.2) is 36.4 Å². The SMILES string of the molecule is COC(C)CCOC(=O)CC[C@H](NC(=O)c1cc(OCC(=O)N2CCC[C@H]2C(=O)NC2CCC2)n(-c2ccccc2)n1)C(=O)N1CCNCC1. The monoisotopic (exact) mass is 695 g/mol. The second-order valence-corrected chi connectivity index (χ2v) is 13.0. The highest BCUT2D eigenvalue weighted by atomic mass is 16.5. The minimum absolute atomic E-state index is 0.0374. The summed E-state index contributed by atoms with van der Waals surface area (Å²) in [5.74, 6) is -1.75. The van der Waals surface area contributed by atoms with Gasteiger partial charge in [0.05, 0.1) is 18.4 Å². The summed E-state index contributed by atoms with van der Waals surface area (Å²) in [5.41, 5.74) is 0.552. The highest BCUT2D eigenvalue weighted by Gasteiger charge is 2.36. The zero-order valence-electron chi connectivity index (χ0n) is 28.9. The van der Waals surface area contributed by atoms with Gasteiger partial charge in [-0.1, -0.05) is 18.2 Å². The van der Waals surface area contributed by atoms with Crippen LogP contribution < -0.4 is 20.7 Å². The molecule has 3 fully saturated rings. The molecule has 1 aromatic heterocycles. The molecule has 0 radical (unpaired) electrons. The molecule has 272 valence electrons. The van der Waals surface area contributed by atoms with E-state index < -0.39 is 24.0 Å². The Morgan fingerprint density at radius 1 is 1.00 bits per heavy atom. The van der Waals surface area contributed by atoms with E-state index in [1.165, 1.54) is 10.7 Å². The smallest absolute Gasteiger partial charge is 0.305 e. The van der Waals surface area contributed by atoms with Gasteiger partial charge in [0.2, 0.25) is 17.7 Å². The molecule has 3 N–H and O–H groups in total. The number of ether oxygens (including phenoxy) is 3. The van der Waals surface area contributed by atoms with E-state index in [1.807, 2.05) is 13.0 Å². The maximum Gasteiger partial charge on any atom is 0.305 e. The molecule has 1 saturated carbocycles. The molecule has 3 heterocycles. The van der Waals surface area contributed by atoms with Crippen LogP contribution in [-0.2, 0) is 28.7 Å². The Bertz CT molecular complexity index is 1470. The molecule has 15 heteroatoms. The number of hydrogen-bond donors (Lipinski definition) is 3. The van der Waals surface area contributed by atoms with E-state index in [0.717, 1.165) is 25.7 Å². The third-order valence-corrected chi connectivity index (χ3v) is 9.44. The molecule has 0 spiro atoms. The van der Waals surface area contributed by atoms with Gasteiger partial charge in [-0.05, 0) is 57.6 Å². The van der Waals surface area contributed by atoms with Crippen LogP contribution in [0.3, 0.4) is 0 Å². The van der Waals surface area contributed by atoms with Crippen LogP contribution in [0.25, 0.3) is 5.69 Å². The fraction of sp³-hybridized carbons (Fsp3) is 0.600. The Hall–Kier alpha value is -4.50. The molecule has 3 aliphatic rings. The van der Waals surface area contributed by atoms with E-state index in [1.54, 1.807) is 41.2 Å². The lowest BCUT2D eigenvalue weighted by Gasteiger charge is -2.31. The van der Waals surface area contributed by atoms with Gasteiger partial charge in [0.15, 0.2) is 12.3 Å². The second kappa shape index (κ2) is 17.9. The Morgan fingerprint density at radius 2 is 1.76 bits per heavy atom. The van der Waals surface area contributed by atoms with Gasteiger partial charge in [-0.2, -0.15) is 5.10 Å². The lowest BCUT2D eigenvalue weighted by atomic mass is 9.93. The van der Waals surface area contributed by atoms with Gasteiger partial charge in [-0.3, -0.25) is 24.0 Å². The quantitative estimate of drug-likeness (QED) is 0.217. The molecule has 2 aliphatic heterocycles. The van der Waals surface area contributed by atoms with Crippen LogP contribution in [0.2, 0.25) is 0 Å². The van der Waals surface area contributed by atoms with Crippen molar-refractivity contribution >= 4 is 29.6 Å². The number of amides is 4. The van der Waals surface area contributed by atoms with Crippen molar-refractivity contribution in [2.24, 2.45) is 0 Å². The van der Waals surface area contributed by atoms with Gasteiger partial charge in [-0.15, -0.1) is 0 Å². The number of carbonyl (C=O) groups excluding carboxylic acids is 5. The molecule has 5 rings (SSSR count). The van der Waals surface area contributed by atoms with Crippen molar-refractivity contribution in [2.45, 2.75) is 82.5 Å². The fourth-order valence-corrected chi connectivity index (χ4v) is 6.12.